The van der Waals surface area contributed by atoms with Crippen LogP contribution in [0.5, 0.6) is 0 Å². The molecule has 1 rings (SSSR count). The molecule has 0 fully saturated rings. The summed E-state index contributed by atoms with van der Waals surface area (Å²) in [5, 5.41) is 38.5. The van der Waals surface area contributed by atoms with Gasteiger partial charge in [0.2, 0.25) is 0 Å². The minimum Gasteiger partial charge on any atom is -0.392 e. The largest absolute Gasteiger partial charge is 0.392 e. The van der Waals surface area contributed by atoms with Crippen molar-refractivity contribution in [3.8, 4) is 18.2 Å². The molecule has 0 heterocycles. The third kappa shape index (κ3) is 2.99. The Bertz CT molecular complexity index is 600. The fourth-order valence-electron chi connectivity index (χ4n) is 1.23. The average molecular weight is 259 g/mol. The maximum atomic E-state index is 9.15. The molecule has 5 nitrogen and oxygen atoms in total. The highest BCUT2D eigenvalue weighted by Gasteiger charge is 2.09. The van der Waals surface area contributed by atoms with Crippen LogP contribution >= 0.6 is 11.6 Å². The van der Waals surface area contributed by atoms with Gasteiger partial charge in [-0.25, -0.2) is 0 Å². The molecular formula is C12H7ClN4O. The summed E-state index contributed by atoms with van der Waals surface area (Å²) in [5.41, 5.74) is 0.389. The van der Waals surface area contributed by atoms with E-state index in [1.165, 1.54) is 6.07 Å². The summed E-state index contributed by atoms with van der Waals surface area (Å²) in [7, 11) is 0. The first kappa shape index (κ1) is 13.5. The van der Waals surface area contributed by atoms with E-state index in [1.54, 1.807) is 30.3 Å². The molecule has 0 atom stereocenters. The summed E-state index contributed by atoms with van der Waals surface area (Å²) in [6, 6.07) is 9.61. The monoisotopic (exact) mass is 258 g/mol. The van der Waals surface area contributed by atoms with Crippen molar-refractivity contribution in [3.05, 3.63) is 40.1 Å². The van der Waals surface area contributed by atoms with Crippen LogP contribution in [0.25, 0.3) is 0 Å². The van der Waals surface area contributed by atoms with Crippen molar-refractivity contribution in [1.29, 1.82) is 15.8 Å². The lowest BCUT2D eigenvalue weighted by molar-refractivity contribution is 0.282. The van der Waals surface area contributed by atoms with E-state index in [0.29, 0.717) is 16.3 Å². The molecule has 88 valence electrons. The van der Waals surface area contributed by atoms with Crippen LogP contribution in [0.15, 0.2) is 29.5 Å². The molecule has 0 saturated carbocycles. The number of nitrogens with zero attached hydrogens (tertiary/aromatic N) is 3. The van der Waals surface area contributed by atoms with E-state index in [9.17, 15) is 0 Å². The Hall–Kier alpha value is -2.52. The molecule has 0 saturated heterocycles. The molecule has 0 radical (unpaired) electrons. The molecule has 0 aliphatic rings. The summed E-state index contributed by atoms with van der Waals surface area (Å²) in [6.07, 6.45) is 0. The highest BCUT2D eigenvalue weighted by molar-refractivity contribution is 6.30. The lowest BCUT2D eigenvalue weighted by Gasteiger charge is -2.09. The fraction of sp³-hybridized carbons (Fsp3) is 0.0833. The molecule has 0 aliphatic heterocycles. The first-order chi connectivity index (χ1) is 8.65. The zero-order chi connectivity index (χ0) is 13.5. The molecule has 18 heavy (non-hydrogen) atoms. The van der Waals surface area contributed by atoms with Gasteiger partial charge in [-0.1, -0.05) is 11.6 Å². The number of rotatable bonds is 3. The number of nitrogens with one attached hydrogen (secondary N) is 1. The van der Waals surface area contributed by atoms with E-state index in [1.807, 2.05) is 0 Å². The molecule has 0 spiro atoms. The van der Waals surface area contributed by atoms with Gasteiger partial charge in [0.1, 0.15) is 23.9 Å². The second-order valence-electron chi connectivity index (χ2n) is 3.17. The number of halogens is 1. The summed E-state index contributed by atoms with van der Waals surface area (Å²) >= 11 is 5.76. The van der Waals surface area contributed by atoms with Gasteiger partial charge in [0, 0.05) is 16.3 Å². The Balaban J connectivity index is 3.21. The Kier molecular flexibility index (Phi) is 4.72. The number of hydrogen-bond donors (Lipinski definition) is 2. The van der Waals surface area contributed by atoms with Crippen molar-refractivity contribution in [2.75, 3.05) is 5.32 Å². The fourth-order valence-corrected chi connectivity index (χ4v) is 1.43. The number of aliphatic hydroxyl groups is 1. The van der Waals surface area contributed by atoms with Crippen LogP contribution in [0.3, 0.4) is 0 Å². The van der Waals surface area contributed by atoms with Crippen LogP contribution in [-0.4, -0.2) is 5.11 Å². The van der Waals surface area contributed by atoms with Gasteiger partial charge >= 0.3 is 0 Å². The zero-order valence-electron chi connectivity index (χ0n) is 9.11. The highest BCUT2D eigenvalue weighted by atomic mass is 35.5. The summed E-state index contributed by atoms with van der Waals surface area (Å²) in [5.74, 6) is 0. The van der Waals surface area contributed by atoms with Crippen LogP contribution in [0.1, 0.15) is 5.56 Å². The first-order valence-electron chi connectivity index (χ1n) is 4.77. The van der Waals surface area contributed by atoms with Gasteiger partial charge in [0.25, 0.3) is 0 Å². The smallest absolute Gasteiger partial charge is 0.163 e. The van der Waals surface area contributed by atoms with Gasteiger partial charge in [-0.3, -0.25) is 0 Å². The molecule has 1 aromatic rings. The molecule has 2 N–H and O–H groups in total. The molecule has 0 amide bonds. The van der Waals surface area contributed by atoms with Gasteiger partial charge in [-0.2, -0.15) is 15.8 Å². The van der Waals surface area contributed by atoms with Crippen molar-refractivity contribution in [2.45, 2.75) is 6.61 Å². The number of benzene rings is 1. The van der Waals surface area contributed by atoms with Crippen LogP contribution in [0.4, 0.5) is 5.69 Å². The van der Waals surface area contributed by atoms with E-state index in [0.717, 1.165) is 0 Å². The summed E-state index contributed by atoms with van der Waals surface area (Å²) < 4.78 is 0. The van der Waals surface area contributed by atoms with E-state index in [2.05, 4.69) is 5.32 Å². The third-order valence-electron chi connectivity index (χ3n) is 2.08. The average Bonchev–Trinajstić information content (AvgIpc) is 2.40. The molecule has 0 aliphatic carbocycles. The standard InChI is InChI=1S/C12H7ClN4O/c13-10-1-2-11(8(3-10)7-18)17-12(6-16)9(4-14)5-15/h1-3,17-18H,7H2. The number of allylic oxidation sites excluding steroid dienone is 2. The topological polar surface area (TPSA) is 104 Å². The minimum atomic E-state index is -0.323. The van der Waals surface area contributed by atoms with Gasteiger partial charge < -0.3 is 10.4 Å². The van der Waals surface area contributed by atoms with Crippen LogP contribution in [-0.2, 0) is 6.61 Å². The summed E-state index contributed by atoms with van der Waals surface area (Å²) in [6.45, 7) is -0.282. The van der Waals surface area contributed by atoms with Crippen LogP contribution in [0.2, 0.25) is 5.02 Å². The quantitative estimate of drug-likeness (QED) is 0.808. The second kappa shape index (κ2) is 6.27. The Morgan fingerprint density at radius 3 is 2.39 bits per heavy atom. The summed E-state index contributed by atoms with van der Waals surface area (Å²) in [4.78, 5) is 0. The molecule has 6 heteroatoms. The molecule has 1 aromatic carbocycles. The van der Waals surface area contributed by atoms with Crippen LogP contribution in [0, 0.1) is 34.0 Å². The van der Waals surface area contributed by atoms with Crippen LogP contribution < -0.4 is 5.32 Å². The Morgan fingerprint density at radius 2 is 1.89 bits per heavy atom. The molecule has 0 aromatic heterocycles. The molecule has 0 unspecified atom stereocenters. The van der Waals surface area contributed by atoms with Crippen molar-refractivity contribution in [3.63, 3.8) is 0 Å². The zero-order valence-corrected chi connectivity index (χ0v) is 9.86. The molecule has 0 bridgehead atoms. The number of hydrogen-bond acceptors (Lipinski definition) is 5. The van der Waals surface area contributed by atoms with E-state index in [4.69, 9.17) is 32.5 Å². The van der Waals surface area contributed by atoms with Crippen molar-refractivity contribution >= 4 is 17.3 Å². The van der Waals surface area contributed by atoms with Gasteiger partial charge in [0.15, 0.2) is 5.57 Å². The van der Waals surface area contributed by atoms with E-state index in [-0.39, 0.29) is 17.9 Å². The Morgan fingerprint density at radius 1 is 1.22 bits per heavy atom. The predicted molar refractivity (Wildman–Crippen MR) is 64.9 cm³/mol. The third-order valence-corrected chi connectivity index (χ3v) is 2.32. The van der Waals surface area contributed by atoms with Crippen molar-refractivity contribution < 1.29 is 5.11 Å². The van der Waals surface area contributed by atoms with E-state index >= 15 is 0 Å². The van der Waals surface area contributed by atoms with Gasteiger partial charge in [0.05, 0.1) is 6.61 Å². The van der Waals surface area contributed by atoms with Crippen molar-refractivity contribution in [2.24, 2.45) is 0 Å². The lowest BCUT2D eigenvalue weighted by Crippen LogP contribution is -2.03. The second-order valence-corrected chi connectivity index (χ2v) is 3.61. The first-order valence-corrected chi connectivity index (χ1v) is 5.15. The van der Waals surface area contributed by atoms with Crippen molar-refractivity contribution in [1.82, 2.24) is 0 Å². The number of nitriles is 3. The molecular weight excluding hydrogens is 252 g/mol. The maximum absolute atomic E-state index is 9.15. The van der Waals surface area contributed by atoms with Gasteiger partial charge in [-0.15, -0.1) is 0 Å². The van der Waals surface area contributed by atoms with Gasteiger partial charge in [-0.05, 0) is 18.2 Å². The maximum Gasteiger partial charge on any atom is 0.163 e. The number of aliphatic hydroxyl groups excluding tert-OH is 1. The minimum absolute atomic E-state index is 0.169. The lowest BCUT2D eigenvalue weighted by atomic mass is 10.1. The normalized spacial score (nSPS) is 8.61. The number of anilines is 1. The Labute approximate surface area is 109 Å². The highest BCUT2D eigenvalue weighted by Crippen LogP contribution is 2.22. The predicted octanol–water partition coefficient (Wildman–Crippen LogP) is 2.07. The van der Waals surface area contributed by atoms with E-state index < -0.39 is 0 Å². The SMILES string of the molecule is N#CC(C#N)=C(C#N)Nc1ccc(Cl)cc1CO.